The van der Waals surface area contributed by atoms with Crippen molar-refractivity contribution in [3.63, 3.8) is 0 Å². The zero-order valence-corrected chi connectivity index (χ0v) is 11.3. The van der Waals surface area contributed by atoms with Gasteiger partial charge >= 0.3 is 0 Å². The SMILES string of the molecule is CCN1CCCC[C@H]1CCOc1ccc(N)cc1. The van der Waals surface area contributed by atoms with Crippen LogP contribution in [0, 0.1) is 0 Å². The first kappa shape index (κ1) is 13.2. The second-order valence-electron chi connectivity index (χ2n) is 4.98. The lowest BCUT2D eigenvalue weighted by atomic mass is 10.00. The normalized spacial score (nSPS) is 20.8. The third-order valence-electron chi connectivity index (χ3n) is 3.76. The van der Waals surface area contributed by atoms with Gasteiger partial charge in [0.15, 0.2) is 0 Å². The van der Waals surface area contributed by atoms with E-state index in [1.807, 2.05) is 24.3 Å². The van der Waals surface area contributed by atoms with Crippen molar-refractivity contribution < 1.29 is 4.74 Å². The number of nitrogens with zero attached hydrogens (tertiary/aromatic N) is 1. The maximum absolute atomic E-state index is 5.77. The number of benzene rings is 1. The minimum atomic E-state index is 0.706. The summed E-state index contributed by atoms with van der Waals surface area (Å²) in [6.45, 7) is 5.46. The van der Waals surface area contributed by atoms with Gasteiger partial charge in [0, 0.05) is 11.7 Å². The van der Waals surface area contributed by atoms with Crippen molar-refractivity contribution in [2.45, 2.75) is 38.6 Å². The molecule has 3 nitrogen and oxygen atoms in total. The molecule has 1 aliphatic heterocycles. The number of hydrogen-bond donors (Lipinski definition) is 1. The van der Waals surface area contributed by atoms with Gasteiger partial charge in [0.05, 0.1) is 6.61 Å². The lowest BCUT2D eigenvalue weighted by molar-refractivity contribution is 0.130. The maximum Gasteiger partial charge on any atom is 0.119 e. The van der Waals surface area contributed by atoms with Crippen LogP contribution in [0.2, 0.25) is 0 Å². The standard InChI is InChI=1S/C15H24N2O/c1-2-17-11-4-3-5-14(17)10-12-18-15-8-6-13(16)7-9-15/h6-9,14H,2-5,10-12,16H2,1H3/t14-/m0/s1. The molecule has 0 unspecified atom stereocenters. The molecular weight excluding hydrogens is 224 g/mol. The summed E-state index contributed by atoms with van der Waals surface area (Å²) in [5, 5.41) is 0. The molecule has 1 aromatic rings. The van der Waals surface area contributed by atoms with E-state index in [1.165, 1.54) is 25.8 Å². The molecule has 1 atom stereocenters. The van der Waals surface area contributed by atoms with Crippen molar-refractivity contribution in [1.82, 2.24) is 4.90 Å². The Morgan fingerprint density at radius 1 is 1.28 bits per heavy atom. The quantitative estimate of drug-likeness (QED) is 0.814. The van der Waals surface area contributed by atoms with Crippen LogP contribution in [0.1, 0.15) is 32.6 Å². The van der Waals surface area contributed by atoms with Crippen LogP contribution in [-0.4, -0.2) is 30.6 Å². The first-order valence-corrected chi connectivity index (χ1v) is 7.02. The van der Waals surface area contributed by atoms with Gasteiger partial charge in [-0.05, 0) is 56.6 Å². The molecule has 18 heavy (non-hydrogen) atoms. The molecule has 3 heteroatoms. The van der Waals surface area contributed by atoms with Crippen molar-refractivity contribution in [3.05, 3.63) is 24.3 Å². The Bertz CT molecular complexity index is 350. The van der Waals surface area contributed by atoms with Gasteiger partial charge in [-0.25, -0.2) is 0 Å². The topological polar surface area (TPSA) is 38.5 Å². The fourth-order valence-electron chi connectivity index (χ4n) is 2.68. The van der Waals surface area contributed by atoms with Crippen molar-refractivity contribution in [2.75, 3.05) is 25.4 Å². The summed E-state index contributed by atoms with van der Waals surface area (Å²) in [5.41, 5.74) is 6.43. The van der Waals surface area contributed by atoms with E-state index in [9.17, 15) is 0 Å². The van der Waals surface area contributed by atoms with Gasteiger partial charge in [-0.2, -0.15) is 0 Å². The van der Waals surface area contributed by atoms with E-state index in [2.05, 4.69) is 11.8 Å². The Morgan fingerprint density at radius 3 is 2.78 bits per heavy atom. The van der Waals surface area contributed by atoms with E-state index in [1.54, 1.807) is 0 Å². The van der Waals surface area contributed by atoms with Crippen LogP contribution in [0.4, 0.5) is 5.69 Å². The lowest BCUT2D eigenvalue weighted by Crippen LogP contribution is -2.40. The molecular formula is C15H24N2O. The molecule has 0 aliphatic carbocycles. The Labute approximate surface area is 110 Å². The Morgan fingerprint density at radius 2 is 2.06 bits per heavy atom. The molecule has 0 radical (unpaired) electrons. The predicted molar refractivity (Wildman–Crippen MR) is 75.9 cm³/mol. The Kier molecular flexibility index (Phi) is 4.88. The van der Waals surface area contributed by atoms with Gasteiger partial charge in [0.1, 0.15) is 5.75 Å². The van der Waals surface area contributed by atoms with E-state index < -0.39 is 0 Å². The highest BCUT2D eigenvalue weighted by molar-refractivity contribution is 5.41. The average molecular weight is 248 g/mol. The number of nitrogen functional groups attached to an aromatic ring is 1. The molecule has 1 aliphatic rings. The summed E-state index contributed by atoms with van der Waals surface area (Å²) < 4.78 is 5.77. The van der Waals surface area contributed by atoms with E-state index in [-0.39, 0.29) is 0 Å². The summed E-state index contributed by atoms with van der Waals surface area (Å²) in [6, 6.07) is 8.35. The molecule has 1 fully saturated rings. The van der Waals surface area contributed by atoms with Crippen LogP contribution in [0.5, 0.6) is 5.75 Å². The summed E-state index contributed by atoms with van der Waals surface area (Å²) in [6.07, 6.45) is 5.16. The van der Waals surface area contributed by atoms with Gasteiger partial charge in [-0.3, -0.25) is 0 Å². The zero-order chi connectivity index (χ0) is 12.8. The summed E-state index contributed by atoms with van der Waals surface area (Å²) in [7, 11) is 0. The van der Waals surface area contributed by atoms with Crippen molar-refractivity contribution in [1.29, 1.82) is 0 Å². The zero-order valence-electron chi connectivity index (χ0n) is 11.3. The highest BCUT2D eigenvalue weighted by atomic mass is 16.5. The highest BCUT2D eigenvalue weighted by Gasteiger charge is 2.20. The first-order valence-electron chi connectivity index (χ1n) is 7.02. The van der Waals surface area contributed by atoms with E-state index in [0.29, 0.717) is 6.04 Å². The van der Waals surface area contributed by atoms with Crippen LogP contribution >= 0.6 is 0 Å². The fourth-order valence-corrected chi connectivity index (χ4v) is 2.68. The second-order valence-corrected chi connectivity index (χ2v) is 4.98. The number of ether oxygens (including phenoxy) is 1. The predicted octanol–water partition coefficient (Wildman–Crippen LogP) is 2.91. The fraction of sp³-hybridized carbons (Fsp3) is 0.600. The molecule has 100 valence electrons. The van der Waals surface area contributed by atoms with Gasteiger partial charge in [0.25, 0.3) is 0 Å². The van der Waals surface area contributed by atoms with Gasteiger partial charge in [-0.1, -0.05) is 13.3 Å². The Hall–Kier alpha value is -1.22. The molecule has 0 amide bonds. The molecule has 2 rings (SSSR count). The number of nitrogens with two attached hydrogens (primary N) is 1. The van der Waals surface area contributed by atoms with Crippen LogP contribution < -0.4 is 10.5 Å². The van der Waals surface area contributed by atoms with Gasteiger partial charge < -0.3 is 15.4 Å². The van der Waals surface area contributed by atoms with Crippen LogP contribution in [0.25, 0.3) is 0 Å². The number of hydrogen-bond acceptors (Lipinski definition) is 3. The molecule has 0 bridgehead atoms. The molecule has 2 N–H and O–H groups in total. The van der Waals surface area contributed by atoms with Gasteiger partial charge in [-0.15, -0.1) is 0 Å². The second kappa shape index (κ2) is 6.64. The van der Waals surface area contributed by atoms with E-state index in [4.69, 9.17) is 10.5 Å². The van der Waals surface area contributed by atoms with E-state index >= 15 is 0 Å². The number of piperidine rings is 1. The minimum Gasteiger partial charge on any atom is -0.494 e. The third-order valence-corrected chi connectivity index (χ3v) is 3.76. The van der Waals surface area contributed by atoms with Crippen LogP contribution in [0.15, 0.2) is 24.3 Å². The monoisotopic (exact) mass is 248 g/mol. The lowest BCUT2D eigenvalue weighted by Gasteiger charge is -2.34. The molecule has 1 heterocycles. The summed E-state index contributed by atoms with van der Waals surface area (Å²) in [4.78, 5) is 2.58. The third kappa shape index (κ3) is 3.64. The van der Waals surface area contributed by atoms with Gasteiger partial charge in [0.2, 0.25) is 0 Å². The maximum atomic E-state index is 5.77. The summed E-state index contributed by atoms with van der Waals surface area (Å²) >= 11 is 0. The van der Waals surface area contributed by atoms with Crippen molar-refractivity contribution in [3.8, 4) is 5.75 Å². The van der Waals surface area contributed by atoms with Crippen molar-refractivity contribution in [2.24, 2.45) is 0 Å². The molecule has 0 aromatic heterocycles. The molecule has 1 aromatic carbocycles. The molecule has 1 saturated heterocycles. The largest absolute Gasteiger partial charge is 0.494 e. The van der Waals surface area contributed by atoms with Crippen LogP contribution in [0.3, 0.4) is 0 Å². The van der Waals surface area contributed by atoms with Crippen molar-refractivity contribution >= 4 is 5.69 Å². The summed E-state index contributed by atoms with van der Waals surface area (Å²) in [5.74, 6) is 0.919. The van der Waals surface area contributed by atoms with E-state index in [0.717, 1.165) is 31.0 Å². The molecule has 0 saturated carbocycles. The molecule has 0 spiro atoms. The number of rotatable bonds is 5. The number of likely N-dealkylation sites (tertiary alicyclic amines) is 1. The smallest absolute Gasteiger partial charge is 0.119 e. The first-order chi connectivity index (χ1) is 8.79. The van der Waals surface area contributed by atoms with Crippen LogP contribution in [-0.2, 0) is 0 Å². The average Bonchev–Trinajstić information content (AvgIpc) is 2.41. The minimum absolute atomic E-state index is 0.706. The highest BCUT2D eigenvalue weighted by Crippen LogP contribution is 2.20. The number of anilines is 1. The Balaban J connectivity index is 1.75.